The van der Waals surface area contributed by atoms with Gasteiger partial charge in [0.05, 0.1) is 13.2 Å². The van der Waals surface area contributed by atoms with Gasteiger partial charge in [0.25, 0.3) is 0 Å². The molecule has 1 fully saturated rings. The number of hydrogen-bond acceptors (Lipinski definition) is 3. The number of ether oxygens (including phenoxy) is 1. The van der Waals surface area contributed by atoms with Crippen LogP contribution in [0.25, 0.3) is 11.1 Å². The first-order valence-corrected chi connectivity index (χ1v) is 8.93. The van der Waals surface area contributed by atoms with Gasteiger partial charge in [-0.25, -0.2) is 0 Å². The molecule has 0 radical (unpaired) electrons. The Hall–Kier alpha value is -2.04. The van der Waals surface area contributed by atoms with Crippen molar-refractivity contribution in [3.05, 3.63) is 54.1 Å². The number of amides is 1. The summed E-state index contributed by atoms with van der Waals surface area (Å²) in [6.07, 6.45) is 1.84. The van der Waals surface area contributed by atoms with Crippen LogP contribution in [0.15, 0.2) is 48.5 Å². The van der Waals surface area contributed by atoms with Gasteiger partial charge in [0.15, 0.2) is 0 Å². The Labute approximate surface area is 161 Å². The predicted octanol–water partition coefficient (Wildman–Crippen LogP) is 3.96. The van der Waals surface area contributed by atoms with Crippen LogP contribution in [0, 0.1) is 5.92 Å². The number of benzene rings is 2. The summed E-state index contributed by atoms with van der Waals surface area (Å²) < 4.78 is 5.44. The molecule has 0 aliphatic carbocycles. The van der Waals surface area contributed by atoms with E-state index in [1.54, 1.807) is 7.11 Å². The van der Waals surface area contributed by atoms with E-state index < -0.39 is 0 Å². The van der Waals surface area contributed by atoms with Gasteiger partial charge in [0.1, 0.15) is 5.75 Å². The van der Waals surface area contributed by atoms with Crippen molar-refractivity contribution in [2.24, 2.45) is 5.92 Å². The summed E-state index contributed by atoms with van der Waals surface area (Å²) in [6, 6.07) is 16.3. The molecule has 0 spiro atoms. The summed E-state index contributed by atoms with van der Waals surface area (Å²) in [5, 5.41) is 6.45. The molecule has 2 aromatic carbocycles. The highest BCUT2D eigenvalue weighted by molar-refractivity contribution is 5.85. The summed E-state index contributed by atoms with van der Waals surface area (Å²) in [5.41, 5.74) is 3.29. The monoisotopic (exact) mass is 374 g/mol. The molecule has 3 rings (SSSR count). The molecule has 0 saturated carbocycles. The third-order valence-corrected chi connectivity index (χ3v) is 4.90. The molecule has 26 heavy (non-hydrogen) atoms. The Kier molecular flexibility index (Phi) is 7.49. The van der Waals surface area contributed by atoms with Gasteiger partial charge in [0.2, 0.25) is 5.91 Å². The van der Waals surface area contributed by atoms with Gasteiger partial charge in [-0.2, -0.15) is 0 Å². The summed E-state index contributed by atoms with van der Waals surface area (Å²) in [4.78, 5) is 12.4. The van der Waals surface area contributed by atoms with E-state index in [2.05, 4.69) is 41.0 Å². The zero-order valence-corrected chi connectivity index (χ0v) is 16.1. The highest BCUT2D eigenvalue weighted by Gasteiger charge is 2.22. The van der Waals surface area contributed by atoms with Crippen molar-refractivity contribution in [3.63, 3.8) is 0 Å². The number of nitrogens with one attached hydrogen (secondary N) is 2. The first-order chi connectivity index (χ1) is 12.2. The molecule has 2 aromatic rings. The van der Waals surface area contributed by atoms with Gasteiger partial charge in [-0.05, 0) is 50.0 Å². The molecule has 1 unspecified atom stereocenters. The molecule has 1 heterocycles. The number of piperidine rings is 1. The Bertz CT molecular complexity index is 712. The van der Waals surface area contributed by atoms with Crippen LogP contribution in [0.3, 0.4) is 0 Å². The molecule has 2 N–H and O–H groups in total. The minimum Gasteiger partial charge on any atom is -0.496 e. The quantitative estimate of drug-likeness (QED) is 0.832. The fourth-order valence-corrected chi connectivity index (χ4v) is 3.33. The summed E-state index contributed by atoms with van der Waals surface area (Å²) in [6.45, 7) is 3.90. The highest BCUT2D eigenvalue weighted by atomic mass is 35.5. The molecule has 4 nitrogen and oxygen atoms in total. The van der Waals surface area contributed by atoms with Gasteiger partial charge < -0.3 is 15.4 Å². The number of hydrogen-bond donors (Lipinski definition) is 2. The van der Waals surface area contributed by atoms with Crippen LogP contribution in [-0.2, 0) is 4.79 Å². The fraction of sp³-hybridized carbons (Fsp3) is 0.381. The number of methoxy groups -OCH3 is 1. The van der Waals surface area contributed by atoms with Gasteiger partial charge in [-0.1, -0.05) is 42.5 Å². The van der Waals surface area contributed by atoms with Crippen molar-refractivity contribution in [3.8, 4) is 16.9 Å². The third-order valence-electron chi connectivity index (χ3n) is 4.90. The van der Waals surface area contributed by atoms with Crippen molar-refractivity contribution < 1.29 is 9.53 Å². The predicted molar refractivity (Wildman–Crippen MR) is 108 cm³/mol. The van der Waals surface area contributed by atoms with Crippen LogP contribution in [0.2, 0.25) is 0 Å². The van der Waals surface area contributed by atoms with E-state index in [9.17, 15) is 4.79 Å². The summed E-state index contributed by atoms with van der Waals surface area (Å²) in [7, 11) is 1.69. The zero-order chi connectivity index (χ0) is 17.6. The number of halogens is 1. The van der Waals surface area contributed by atoms with Crippen LogP contribution in [-0.4, -0.2) is 26.1 Å². The lowest BCUT2D eigenvalue weighted by atomic mass is 9.96. The molecule has 0 bridgehead atoms. The second-order valence-corrected chi connectivity index (χ2v) is 6.58. The Morgan fingerprint density at radius 2 is 1.77 bits per heavy atom. The lowest BCUT2D eigenvalue weighted by Gasteiger charge is -2.24. The number of para-hydroxylation sites is 1. The first kappa shape index (κ1) is 20.3. The van der Waals surface area contributed by atoms with E-state index in [1.807, 2.05) is 25.1 Å². The smallest absolute Gasteiger partial charge is 0.223 e. The van der Waals surface area contributed by atoms with Crippen molar-refractivity contribution in [2.45, 2.75) is 25.8 Å². The van der Waals surface area contributed by atoms with Crippen molar-refractivity contribution >= 4 is 18.3 Å². The standard InChI is InChI=1S/C21H26N2O2.ClH/c1-15(23-21(24)18-11-13-22-14-12-18)16-7-9-17(10-8-16)19-5-3-4-6-20(19)25-2;/h3-10,15,18,22H,11-14H2,1-2H3,(H,23,24);1H. The third kappa shape index (κ3) is 4.77. The molecule has 1 aliphatic heterocycles. The average Bonchev–Trinajstić information content (AvgIpc) is 2.68. The van der Waals surface area contributed by atoms with Gasteiger partial charge >= 0.3 is 0 Å². The highest BCUT2D eigenvalue weighted by Crippen LogP contribution is 2.30. The Morgan fingerprint density at radius 1 is 1.12 bits per heavy atom. The van der Waals surface area contributed by atoms with Gasteiger partial charge in [-0.3, -0.25) is 4.79 Å². The molecule has 1 saturated heterocycles. The van der Waals surface area contributed by atoms with E-state index >= 15 is 0 Å². The summed E-state index contributed by atoms with van der Waals surface area (Å²) in [5.74, 6) is 1.17. The molecule has 1 atom stereocenters. The molecular weight excluding hydrogens is 348 g/mol. The zero-order valence-electron chi connectivity index (χ0n) is 15.3. The SMILES string of the molecule is COc1ccccc1-c1ccc(C(C)NC(=O)C2CCNCC2)cc1.Cl. The first-order valence-electron chi connectivity index (χ1n) is 8.93. The topological polar surface area (TPSA) is 50.4 Å². The summed E-state index contributed by atoms with van der Waals surface area (Å²) >= 11 is 0. The van der Waals surface area contributed by atoms with E-state index in [4.69, 9.17) is 4.74 Å². The van der Waals surface area contributed by atoms with Crippen molar-refractivity contribution in [2.75, 3.05) is 20.2 Å². The lowest BCUT2D eigenvalue weighted by Crippen LogP contribution is -2.39. The molecular formula is C21H27ClN2O2. The largest absolute Gasteiger partial charge is 0.496 e. The van der Waals surface area contributed by atoms with Crippen LogP contribution in [0.4, 0.5) is 0 Å². The Morgan fingerprint density at radius 3 is 2.42 bits per heavy atom. The van der Waals surface area contributed by atoms with E-state index in [1.165, 1.54) is 0 Å². The van der Waals surface area contributed by atoms with Crippen LogP contribution >= 0.6 is 12.4 Å². The normalized spacial score (nSPS) is 15.6. The van der Waals surface area contributed by atoms with Crippen molar-refractivity contribution in [1.29, 1.82) is 0 Å². The second kappa shape index (κ2) is 9.60. The van der Waals surface area contributed by atoms with Crippen LogP contribution in [0.5, 0.6) is 5.75 Å². The Balaban J connectivity index is 0.00000243. The van der Waals surface area contributed by atoms with Gasteiger partial charge in [-0.15, -0.1) is 12.4 Å². The average molecular weight is 375 g/mol. The minimum atomic E-state index is 0. The second-order valence-electron chi connectivity index (χ2n) is 6.58. The number of carbonyl (C=O) groups is 1. The lowest BCUT2D eigenvalue weighted by molar-refractivity contribution is -0.126. The molecule has 0 aromatic heterocycles. The molecule has 5 heteroatoms. The van der Waals surface area contributed by atoms with E-state index in [-0.39, 0.29) is 30.3 Å². The fourth-order valence-electron chi connectivity index (χ4n) is 3.33. The number of rotatable bonds is 5. The number of carbonyl (C=O) groups excluding carboxylic acids is 1. The molecule has 1 aliphatic rings. The van der Waals surface area contributed by atoms with Crippen LogP contribution in [0.1, 0.15) is 31.4 Å². The van der Waals surface area contributed by atoms with E-state index in [0.29, 0.717) is 0 Å². The maximum Gasteiger partial charge on any atom is 0.223 e. The van der Waals surface area contributed by atoms with Crippen molar-refractivity contribution in [1.82, 2.24) is 10.6 Å². The van der Waals surface area contributed by atoms with Crippen LogP contribution < -0.4 is 15.4 Å². The maximum atomic E-state index is 12.4. The van der Waals surface area contributed by atoms with Gasteiger partial charge in [0, 0.05) is 11.5 Å². The molecule has 1 amide bonds. The van der Waals surface area contributed by atoms with E-state index in [0.717, 1.165) is 48.4 Å². The maximum absolute atomic E-state index is 12.4. The minimum absolute atomic E-state index is 0. The molecule has 140 valence electrons.